The predicted molar refractivity (Wildman–Crippen MR) is 322 cm³/mol. The second-order valence-electron chi connectivity index (χ2n) is 19.2. The van der Waals surface area contributed by atoms with Crippen LogP contribution in [0.1, 0.15) is 0 Å². The highest BCUT2D eigenvalue weighted by Gasteiger charge is 2.28. The third-order valence-corrected chi connectivity index (χ3v) is 14.4. The molecule has 0 aliphatic carbocycles. The Morgan fingerprint density at radius 3 is 1.23 bits per heavy atom. The maximum Gasteiger partial charge on any atom is 0.141 e. The molecular weight excluding hydrogens is 955 g/mol. The van der Waals surface area contributed by atoms with Gasteiger partial charge in [-0.3, -0.25) is 0 Å². The standard InChI is InChI=1S/C72H49N3O3/c1-7-25-50(26-8-1)60-41-24-42-61(51-27-9-2-10-28-51)72(60)75(57-46-64(70-62-39-19-21-43-65(62)77-67(70)47-57)74(53-31-13-4-14-32-53)54-33-15-5-16-34-54)56-36-23-35-55(45-56)73(52-29-11-3-12-30-52)58-48-68(76-59-37-17-6-18-38-59)71-63-40-20-22-44-66(63)78-69(71)49-58/h1-49H. The maximum atomic E-state index is 7.01. The molecule has 2 heterocycles. The summed E-state index contributed by atoms with van der Waals surface area (Å²) >= 11 is 0. The van der Waals surface area contributed by atoms with Crippen LogP contribution in [0.15, 0.2) is 306 Å². The first-order chi connectivity index (χ1) is 38.7. The number of furan rings is 2. The van der Waals surface area contributed by atoms with E-state index in [4.69, 9.17) is 13.6 Å². The van der Waals surface area contributed by atoms with E-state index in [-0.39, 0.29) is 0 Å². The molecule has 78 heavy (non-hydrogen) atoms. The zero-order valence-electron chi connectivity index (χ0n) is 42.4. The van der Waals surface area contributed by atoms with Crippen LogP contribution in [0.25, 0.3) is 66.1 Å². The number of fused-ring (bicyclic) bond motifs is 6. The van der Waals surface area contributed by atoms with Gasteiger partial charge in [-0.25, -0.2) is 0 Å². The van der Waals surface area contributed by atoms with Crippen LogP contribution in [-0.2, 0) is 0 Å². The summed E-state index contributed by atoms with van der Waals surface area (Å²) in [5.41, 5.74) is 16.0. The summed E-state index contributed by atoms with van der Waals surface area (Å²) in [5, 5.41) is 3.94. The number of benzene rings is 12. The minimum absolute atomic E-state index is 0.690. The lowest BCUT2D eigenvalue weighted by molar-refractivity contribution is 0.488. The molecule has 0 spiro atoms. The lowest BCUT2D eigenvalue weighted by Crippen LogP contribution is -2.16. The summed E-state index contributed by atoms with van der Waals surface area (Å²) in [7, 11) is 0. The smallest absolute Gasteiger partial charge is 0.141 e. The predicted octanol–water partition coefficient (Wildman–Crippen LogP) is 21.0. The molecule has 0 unspecified atom stereocenters. The van der Waals surface area contributed by atoms with Gasteiger partial charge in [0, 0.05) is 68.5 Å². The summed E-state index contributed by atoms with van der Waals surface area (Å²) in [6.07, 6.45) is 0. The third-order valence-electron chi connectivity index (χ3n) is 14.4. The van der Waals surface area contributed by atoms with E-state index in [1.165, 1.54) is 0 Å². The molecule has 0 amide bonds. The second-order valence-corrected chi connectivity index (χ2v) is 19.2. The number of hydrogen-bond acceptors (Lipinski definition) is 6. The van der Waals surface area contributed by atoms with E-state index >= 15 is 0 Å². The molecular formula is C72H49N3O3. The molecule has 0 atom stereocenters. The fourth-order valence-corrected chi connectivity index (χ4v) is 11.0. The lowest BCUT2D eigenvalue weighted by Gasteiger charge is -2.33. The van der Waals surface area contributed by atoms with Gasteiger partial charge in [-0.1, -0.05) is 194 Å². The SMILES string of the molecule is c1ccc(Oc2cc(N(c3ccccc3)c3cccc(N(c4cc(N(c5ccccc5)c5ccccc5)c5c(c4)oc4ccccc45)c4c(-c5ccccc5)cccc4-c4ccccc4)c3)cc3oc4ccccc4c23)cc1. The van der Waals surface area contributed by atoms with Gasteiger partial charge >= 0.3 is 0 Å². The van der Waals surface area contributed by atoms with Crippen LogP contribution in [0.2, 0.25) is 0 Å². The van der Waals surface area contributed by atoms with Gasteiger partial charge < -0.3 is 28.3 Å². The minimum Gasteiger partial charge on any atom is -0.456 e. The van der Waals surface area contributed by atoms with Crippen LogP contribution in [0.3, 0.4) is 0 Å². The highest BCUT2D eigenvalue weighted by Crippen LogP contribution is 2.52. The molecule has 0 bridgehead atoms. The van der Waals surface area contributed by atoms with E-state index < -0.39 is 0 Å². The zero-order chi connectivity index (χ0) is 51.8. The Morgan fingerprint density at radius 2 is 0.679 bits per heavy atom. The topological polar surface area (TPSA) is 45.2 Å². The van der Waals surface area contributed by atoms with Crippen molar-refractivity contribution in [2.45, 2.75) is 0 Å². The number of hydrogen-bond donors (Lipinski definition) is 0. The summed E-state index contributed by atoms with van der Waals surface area (Å²) in [6, 6.07) is 104. The highest BCUT2D eigenvalue weighted by atomic mass is 16.5. The Labute approximate surface area is 452 Å². The molecule has 2 aromatic heterocycles. The quantitative estimate of drug-likeness (QED) is 0.115. The Balaban J connectivity index is 1.06. The van der Waals surface area contributed by atoms with Crippen LogP contribution in [0, 0.1) is 0 Å². The monoisotopic (exact) mass is 1000 g/mol. The molecule has 14 aromatic rings. The molecule has 6 heteroatoms. The van der Waals surface area contributed by atoms with Gasteiger partial charge in [-0.05, 0) is 96.1 Å². The van der Waals surface area contributed by atoms with E-state index in [1.54, 1.807) is 0 Å². The van der Waals surface area contributed by atoms with Crippen LogP contribution in [-0.4, -0.2) is 0 Å². The zero-order valence-corrected chi connectivity index (χ0v) is 42.4. The van der Waals surface area contributed by atoms with Crippen molar-refractivity contribution in [1.82, 2.24) is 0 Å². The largest absolute Gasteiger partial charge is 0.456 e. The molecule has 0 saturated carbocycles. The number of ether oxygens (including phenoxy) is 1. The first-order valence-corrected chi connectivity index (χ1v) is 26.2. The van der Waals surface area contributed by atoms with E-state index in [0.29, 0.717) is 5.75 Å². The first-order valence-electron chi connectivity index (χ1n) is 26.2. The molecule has 0 radical (unpaired) electrons. The van der Waals surface area contributed by atoms with Gasteiger partial charge in [0.1, 0.15) is 33.8 Å². The van der Waals surface area contributed by atoms with Crippen molar-refractivity contribution in [3.63, 3.8) is 0 Å². The number of rotatable bonds is 13. The fourth-order valence-electron chi connectivity index (χ4n) is 11.0. The first kappa shape index (κ1) is 46.0. The van der Waals surface area contributed by atoms with E-state index in [1.807, 2.05) is 54.6 Å². The summed E-state index contributed by atoms with van der Waals surface area (Å²) in [6.45, 7) is 0. The van der Waals surface area contributed by atoms with Crippen LogP contribution in [0.5, 0.6) is 11.5 Å². The number of nitrogens with zero attached hydrogens (tertiary/aromatic N) is 3. The molecule has 0 N–H and O–H groups in total. The van der Waals surface area contributed by atoms with Gasteiger partial charge in [-0.2, -0.15) is 0 Å². The van der Waals surface area contributed by atoms with Crippen molar-refractivity contribution >= 4 is 95.1 Å². The molecule has 0 saturated heterocycles. The number of anilines is 9. The normalized spacial score (nSPS) is 11.3. The van der Waals surface area contributed by atoms with Gasteiger partial charge in [0.15, 0.2) is 0 Å². The van der Waals surface area contributed by atoms with Crippen molar-refractivity contribution in [3.05, 3.63) is 297 Å². The molecule has 0 aliphatic heterocycles. The summed E-state index contributed by atoms with van der Waals surface area (Å²) in [5.74, 6) is 1.42. The van der Waals surface area contributed by atoms with Gasteiger partial charge in [0.2, 0.25) is 0 Å². The minimum atomic E-state index is 0.690. The average Bonchev–Trinajstić information content (AvgIpc) is 4.12. The Kier molecular flexibility index (Phi) is 11.8. The van der Waals surface area contributed by atoms with Crippen LogP contribution in [0.4, 0.5) is 51.2 Å². The average molecular weight is 1000 g/mol. The third kappa shape index (κ3) is 8.44. The lowest BCUT2D eigenvalue weighted by atomic mass is 9.94. The van der Waals surface area contributed by atoms with Crippen molar-refractivity contribution < 1.29 is 13.6 Å². The van der Waals surface area contributed by atoms with Crippen LogP contribution >= 0.6 is 0 Å². The Bertz CT molecular complexity index is 4310. The summed E-state index contributed by atoms with van der Waals surface area (Å²) < 4.78 is 20.6. The van der Waals surface area contributed by atoms with Gasteiger partial charge in [0.25, 0.3) is 0 Å². The van der Waals surface area contributed by atoms with E-state index in [9.17, 15) is 0 Å². The molecule has 0 aliphatic rings. The van der Waals surface area contributed by atoms with Crippen molar-refractivity contribution in [2.75, 3.05) is 14.7 Å². The Hall–Kier alpha value is -10.6. The maximum absolute atomic E-state index is 7.01. The highest BCUT2D eigenvalue weighted by molar-refractivity contribution is 6.15. The number of para-hydroxylation sites is 7. The Morgan fingerprint density at radius 1 is 0.269 bits per heavy atom. The van der Waals surface area contributed by atoms with Gasteiger partial charge in [-0.15, -0.1) is 0 Å². The fraction of sp³-hybridized carbons (Fsp3) is 0. The second kappa shape index (κ2) is 19.9. The molecule has 12 aromatic carbocycles. The van der Waals surface area contributed by atoms with Crippen molar-refractivity contribution in [2.24, 2.45) is 0 Å². The van der Waals surface area contributed by atoms with Crippen LogP contribution < -0.4 is 19.4 Å². The molecule has 370 valence electrons. The van der Waals surface area contributed by atoms with Crippen molar-refractivity contribution in [1.29, 1.82) is 0 Å². The van der Waals surface area contributed by atoms with E-state index in [0.717, 1.165) is 123 Å². The van der Waals surface area contributed by atoms with E-state index in [2.05, 4.69) is 257 Å². The molecule has 0 fully saturated rings. The summed E-state index contributed by atoms with van der Waals surface area (Å²) in [4.78, 5) is 7.06. The molecule has 14 rings (SSSR count). The van der Waals surface area contributed by atoms with Crippen molar-refractivity contribution in [3.8, 4) is 33.8 Å². The van der Waals surface area contributed by atoms with Gasteiger partial charge in [0.05, 0.1) is 33.5 Å². The molecule has 6 nitrogen and oxygen atoms in total.